The topological polar surface area (TPSA) is 62.3 Å². The van der Waals surface area contributed by atoms with Crippen LogP contribution in [0.5, 0.6) is 0 Å². The maximum atomic E-state index is 13.3. The van der Waals surface area contributed by atoms with Crippen molar-refractivity contribution >= 4 is 11.8 Å². The standard InChI is InChI=1S/C15H16F3N3O2/c1-3-7-20-13(22)12(15(16,17)18)21(10-4-2)14(23)11-5-8-19-9-6-11/h3-6,8-9,12H,1-2,7,10H2,(H,20,22). The monoisotopic (exact) mass is 327 g/mol. The lowest BCUT2D eigenvalue weighted by molar-refractivity contribution is -0.183. The molecule has 1 aromatic rings. The molecule has 1 aromatic heterocycles. The Labute approximate surface area is 131 Å². The summed E-state index contributed by atoms with van der Waals surface area (Å²) in [5.74, 6) is -2.27. The summed E-state index contributed by atoms with van der Waals surface area (Å²) < 4.78 is 40.0. The molecule has 1 N–H and O–H groups in total. The Morgan fingerprint density at radius 3 is 2.35 bits per heavy atom. The zero-order valence-electron chi connectivity index (χ0n) is 12.2. The van der Waals surface area contributed by atoms with Crippen LogP contribution < -0.4 is 5.32 Å². The lowest BCUT2D eigenvalue weighted by Crippen LogP contribution is -2.57. The molecule has 8 heteroatoms. The van der Waals surface area contributed by atoms with Crippen molar-refractivity contribution in [3.8, 4) is 0 Å². The van der Waals surface area contributed by atoms with E-state index in [-0.39, 0.29) is 12.1 Å². The van der Waals surface area contributed by atoms with Gasteiger partial charge in [-0.2, -0.15) is 13.2 Å². The van der Waals surface area contributed by atoms with E-state index in [0.29, 0.717) is 4.90 Å². The number of amides is 2. The minimum atomic E-state index is -4.93. The van der Waals surface area contributed by atoms with Gasteiger partial charge >= 0.3 is 6.18 Å². The highest BCUT2D eigenvalue weighted by atomic mass is 19.4. The van der Waals surface area contributed by atoms with Crippen molar-refractivity contribution < 1.29 is 22.8 Å². The number of halogens is 3. The Balaban J connectivity index is 3.19. The van der Waals surface area contributed by atoms with E-state index < -0.39 is 30.6 Å². The number of nitrogens with one attached hydrogen (secondary N) is 1. The van der Waals surface area contributed by atoms with Gasteiger partial charge in [-0.25, -0.2) is 0 Å². The minimum absolute atomic E-state index is 0.00683. The molecule has 0 saturated carbocycles. The summed E-state index contributed by atoms with van der Waals surface area (Å²) in [6.07, 6.45) is -0.0111. The van der Waals surface area contributed by atoms with Gasteiger partial charge in [0.15, 0.2) is 0 Å². The number of rotatable bonds is 7. The fourth-order valence-corrected chi connectivity index (χ4v) is 1.84. The first-order valence-corrected chi connectivity index (χ1v) is 6.60. The zero-order chi connectivity index (χ0) is 17.5. The molecule has 0 spiro atoms. The van der Waals surface area contributed by atoms with Gasteiger partial charge in [-0.3, -0.25) is 14.6 Å². The van der Waals surface area contributed by atoms with E-state index in [1.165, 1.54) is 30.6 Å². The van der Waals surface area contributed by atoms with Gasteiger partial charge in [-0.15, -0.1) is 13.2 Å². The van der Waals surface area contributed by atoms with E-state index in [0.717, 1.165) is 6.08 Å². The van der Waals surface area contributed by atoms with Crippen LogP contribution in [0.1, 0.15) is 10.4 Å². The molecule has 0 aliphatic heterocycles. The van der Waals surface area contributed by atoms with Gasteiger partial charge in [0, 0.05) is 31.0 Å². The SMILES string of the molecule is C=CCNC(=O)C(N(CC=C)C(=O)c1ccncc1)C(F)(F)F. The van der Waals surface area contributed by atoms with Crippen LogP contribution in [0.15, 0.2) is 49.8 Å². The van der Waals surface area contributed by atoms with E-state index in [1.54, 1.807) is 0 Å². The average molecular weight is 327 g/mol. The lowest BCUT2D eigenvalue weighted by Gasteiger charge is -2.31. The number of hydrogen-bond acceptors (Lipinski definition) is 3. The third-order valence-corrected chi connectivity index (χ3v) is 2.80. The Kier molecular flexibility index (Phi) is 6.49. The second-order valence-electron chi connectivity index (χ2n) is 4.46. The quantitative estimate of drug-likeness (QED) is 0.779. The zero-order valence-corrected chi connectivity index (χ0v) is 12.2. The average Bonchev–Trinajstić information content (AvgIpc) is 2.51. The predicted molar refractivity (Wildman–Crippen MR) is 78.5 cm³/mol. The van der Waals surface area contributed by atoms with Gasteiger partial charge in [0.25, 0.3) is 11.8 Å². The Bertz CT molecular complexity index is 573. The smallest absolute Gasteiger partial charge is 0.351 e. The van der Waals surface area contributed by atoms with Crippen LogP contribution in [0.25, 0.3) is 0 Å². The highest BCUT2D eigenvalue weighted by molar-refractivity contribution is 5.97. The maximum absolute atomic E-state index is 13.3. The molecule has 0 aromatic carbocycles. The van der Waals surface area contributed by atoms with E-state index in [1.807, 2.05) is 0 Å². The van der Waals surface area contributed by atoms with Gasteiger partial charge in [-0.05, 0) is 12.1 Å². The highest BCUT2D eigenvalue weighted by Crippen LogP contribution is 2.26. The number of aromatic nitrogens is 1. The molecule has 1 unspecified atom stereocenters. The Hall–Kier alpha value is -2.64. The van der Waals surface area contributed by atoms with Crippen LogP contribution in [0, 0.1) is 0 Å². The summed E-state index contributed by atoms with van der Waals surface area (Å²) in [6, 6.07) is -0.0813. The van der Waals surface area contributed by atoms with Crippen molar-refractivity contribution in [2.75, 3.05) is 13.1 Å². The number of nitrogens with zero attached hydrogens (tertiary/aromatic N) is 2. The predicted octanol–water partition coefficient (Wildman–Crippen LogP) is 1.94. The molecule has 2 amide bonds. The van der Waals surface area contributed by atoms with Crippen LogP contribution in [-0.2, 0) is 4.79 Å². The van der Waals surface area contributed by atoms with Crippen LogP contribution in [0.3, 0.4) is 0 Å². The molecule has 0 radical (unpaired) electrons. The first kappa shape index (κ1) is 18.4. The molecular formula is C15H16F3N3O2. The lowest BCUT2D eigenvalue weighted by atomic mass is 10.1. The summed E-state index contributed by atoms with van der Waals surface area (Å²) in [5, 5.41) is 2.07. The molecule has 0 saturated heterocycles. The van der Waals surface area contributed by atoms with Gasteiger partial charge in [0.05, 0.1) is 0 Å². The molecule has 0 aliphatic carbocycles. The van der Waals surface area contributed by atoms with Crippen molar-refractivity contribution in [1.82, 2.24) is 15.2 Å². The van der Waals surface area contributed by atoms with Crippen LogP contribution >= 0.6 is 0 Å². The number of hydrogen-bond donors (Lipinski definition) is 1. The van der Waals surface area contributed by atoms with Crippen molar-refractivity contribution in [1.29, 1.82) is 0 Å². The van der Waals surface area contributed by atoms with Crippen molar-refractivity contribution in [2.45, 2.75) is 12.2 Å². The van der Waals surface area contributed by atoms with Crippen LogP contribution in [0.4, 0.5) is 13.2 Å². The van der Waals surface area contributed by atoms with Crippen molar-refractivity contribution in [2.24, 2.45) is 0 Å². The second-order valence-corrected chi connectivity index (χ2v) is 4.46. The molecule has 23 heavy (non-hydrogen) atoms. The molecule has 0 fully saturated rings. The number of carbonyl (C=O) groups is 2. The van der Waals surface area contributed by atoms with E-state index in [4.69, 9.17) is 0 Å². The molecule has 1 atom stereocenters. The molecule has 1 rings (SSSR count). The largest absolute Gasteiger partial charge is 0.417 e. The van der Waals surface area contributed by atoms with Crippen molar-refractivity contribution in [3.05, 3.63) is 55.4 Å². The summed E-state index contributed by atoms with van der Waals surface area (Å²) in [5.41, 5.74) is -0.00683. The summed E-state index contributed by atoms with van der Waals surface area (Å²) >= 11 is 0. The Morgan fingerprint density at radius 2 is 1.87 bits per heavy atom. The fourth-order valence-electron chi connectivity index (χ4n) is 1.84. The van der Waals surface area contributed by atoms with E-state index >= 15 is 0 Å². The normalized spacial score (nSPS) is 12.1. The van der Waals surface area contributed by atoms with Crippen molar-refractivity contribution in [3.63, 3.8) is 0 Å². The molecule has 5 nitrogen and oxygen atoms in total. The third kappa shape index (κ3) is 4.94. The minimum Gasteiger partial charge on any atom is -0.351 e. The number of pyridine rings is 1. The number of alkyl halides is 3. The molecular weight excluding hydrogens is 311 g/mol. The number of carbonyl (C=O) groups excluding carboxylic acids is 2. The summed E-state index contributed by atoms with van der Waals surface area (Å²) in [7, 11) is 0. The first-order chi connectivity index (χ1) is 10.8. The maximum Gasteiger partial charge on any atom is 0.417 e. The molecule has 0 bridgehead atoms. The molecule has 0 aliphatic rings. The molecule has 1 heterocycles. The second kappa shape index (κ2) is 8.11. The van der Waals surface area contributed by atoms with Gasteiger partial charge < -0.3 is 10.2 Å². The van der Waals surface area contributed by atoms with Gasteiger partial charge in [0.2, 0.25) is 6.04 Å². The fraction of sp³-hybridized carbons (Fsp3) is 0.267. The van der Waals surface area contributed by atoms with E-state index in [2.05, 4.69) is 23.5 Å². The van der Waals surface area contributed by atoms with Gasteiger partial charge in [0.1, 0.15) is 0 Å². The third-order valence-electron chi connectivity index (χ3n) is 2.80. The van der Waals surface area contributed by atoms with Crippen LogP contribution in [-0.4, -0.2) is 47.0 Å². The van der Waals surface area contributed by atoms with Crippen LogP contribution in [0.2, 0.25) is 0 Å². The van der Waals surface area contributed by atoms with E-state index in [9.17, 15) is 22.8 Å². The highest BCUT2D eigenvalue weighted by Gasteiger charge is 2.50. The summed E-state index contributed by atoms with van der Waals surface area (Å²) in [6.45, 7) is 6.08. The van der Waals surface area contributed by atoms with Gasteiger partial charge in [-0.1, -0.05) is 12.2 Å². The molecule has 124 valence electrons. The Morgan fingerprint density at radius 1 is 1.26 bits per heavy atom. The summed E-state index contributed by atoms with van der Waals surface area (Å²) in [4.78, 5) is 28.3. The first-order valence-electron chi connectivity index (χ1n) is 6.60.